The van der Waals surface area contributed by atoms with Crippen molar-refractivity contribution in [3.63, 3.8) is 0 Å². The molecular formula is C21H29N5O2S. The van der Waals surface area contributed by atoms with Crippen LogP contribution in [0.1, 0.15) is 24.0 Å². The Labute approximate surface area is 176 Å². The predicted molar refractivity (Wildman–Crippen MR) is 115 cm³/mol. The number of nitrogens with zero attached hydrogens (tertiary/aromatic N) is 3. The fraction of sp³-hybridized carbons (Fsp3) is 0.429. The average Bonchev–Trinajstić information content (AvgIpc) is 3.18. The molecule has 2 fully saturated rings. The standard InChI is InChI=1S/C21H29N5O2S/c22-15-17-1-5-19(6-2-17)26(27)25-13-14-28-21(25)9-11-24(12-10-21)29-20-7-3-18(16-23)4-8-20/h1-8,27H,9-16,22-23H2. The molecule has 2 aliphatic heterocycles. The number of anilines is 1. The second-order valence-corrected chi connectivity index (χ2v) is 8.62. The number of piperidine rings is 1. The van der Waals surface area contributed by atoms with Gasteiger partial charge in [0.2, 0.25) is 0 Å². The summed E-state index contributed by atoms with van der Waals surface area (Å²) in [7, 11) is 0. The first-order valence-corrected chi connectivity index (χ1v) is 10.8. The van der Waals surface area contributed by atoms with Gasteiger partial charge < -0.3 is 16.2 Å². The van der Waals surface area contributed by atoms with Gasteiger partial charge in [0.25, 0.3) is 0 Å². The third-order valence-electron chi connectivity index (χ3n) is 5.67. The molecule has 0 amide bonds. The first-order chi connectivity index (χ1) is 14.1. The van der Waals surface area contributed by atoms with Crippen molar-refractivity contribution in [3.05, 3.63) is 59.7 Å². The summed E-state index contributed by atoms with van der Waals surface area (Å²) in [4.78, 5) is 1.21. The summed E-state index contributed by atoms with van der Waals surface area (Å²) in [5, 5.41) is 14.1. The minimum absolute atomic E-state index is 0.457. The van der Waals surface area contributed by atoms with Gasteiger partial charge in [-0.3, -0.25) is 5.21 Å². The molecule has 0 bridgehead atoms. The van der Waals surface area contributed by atoms with Crippen molar-refractivity contribution < 1.29 is 9.94 Å². The van der Waals surface area contributed by atoms with E-state index in [-0.39, 0.29) is 0 Å². The van der Waals surface area contributed by atoms with Gasteiger partial charge in [0, 0.05) is 50.5 Å². The van der Waals surface area contributed by atoms with Crippen LogP contribution in [-0.2, 0) is 17.8 Å². The Hall–Kier alpha value is -1.65. The van der Waals surface area contributed by atoms with Crippen molar-refractivity contribution in [2.24, 2.45) is 11.5 Å². The summed E-state index contributed by atoms with van der Waals surface area (Å²) < 4.78 is 8.53. The lowest BCUT2D eigenvalue weighted by Crippen LogP contribution is -2.57. The van der Waals surface area contributed by atoms with Gasteiger partial charge in [0.05, 0.1) is 12.3 Å². The summed E-state index contributed by atoms with van der Waals surface area (Å²) in [5.41, 5.74) is 13.8. The number of benzene rings is 2. The fourth-order valence-corrected chi connectivity index (χ4v) is 4.86. The maximum atomic E-state index is 10.9. The zero-order valence-electron chi connectivity index (χ0n) is 16.5. The quantitative estimate of drug-likeness (QED) is 0.490. The van der Waals surface area contributed by atoms with Gasteiger partial charge in [-0.05, 0) is 47.3 Å². The van der Waals surface area contributed by atoms with E-state index >= 15 is 0 Å². The van der Waals surface area contributed by atoms with E-state index in [2.05, 4.69) is 28.6 Å². The molecule has 7 nitrogen and oxygen atoms in total. The second kappa shape index (κ2) is 9.01. The topological polar surface area (TPSA) is 91.2 Å². The van der Waals surface area contributed by atoms with Crippen LogP contribution in [0.3, 0.4) is 0 Å². The summed E-state index contributed by atoms with van der Waals surface area (Å²) in [6.07, 6.45) is 1.66. The normalized spacial score (nSPS) is 19.7. The van der Waals surface area contributed by atoms with Gasteiger partial charge in [-0.1, -0.05) is 24.3 Å². The highest BCUT2D eigenvalue weighted by Gasteiger charge is 2.47. The molecule has 2 saturated heterocycles. The fourth-order valence-electron chi connectivity index (χ4n) is 3.94. The van der Waals surface area contributed by atoms with E-state index in [4.69, 9.17) is 16.2 Å². The van der Waals surface area contributed by atoms with Crippen molar-refractivity contribution in [1.29, 1.82) is 0 Å². The zero-order valence-corrected chi connectivity index (χ0v) is 17.4. The summed E-state index contributed by atoms with van der Waals surface area (Å²) in [6.45, 7) is 4.12. The number of nitrogens with two attached hydrogens (primary N) is 2. The summed E-state index contributed by atoms with van der Waals surface area (Å²) >= 11 is 1.77. The summed E-state index contributed by atoms with van der Waals surface area (Å²) in [5.74, 6) is 0. The van der Waals surface area contributed by atoms with Gasteiger partial charge in [-0.15, -0.1) is 0 Å². The third-order valence-corrected chi connectivity index (χ3v) is 6.78. The molecule has 1 spiro atoms. The third kappa shape index (κ3) is 4.44. The number of rotatable bonds is 6. The lowest BCUT2D eigenvalue weighted by Gasteiger charge is -2.45. The van der Waals surface area contributed by atoms with Crippen LogP contribution in [-0.4, -0.2) is 46.5 Å². The van der Waals surface area contributed by atoms with Crippen LogP contribution in [0, 0.1) is 0 Å². The van der Waals surface area contributed by atoms with Crippen molar-refractivity contribution in [3.8, 4) is 0 Å². The largest absolute Gasteiger partial charge is 0.357 e. The van der Waals surface area contributed by atoms with Gasteiger partial charge in [-0.25, -0.2) is 4.31 Å². The highest BCUT2D eigenvalue weighted by molar-refractivity contribution is 7.97. The second-order valence-electron chi connectivity index (χ2n) is 7.45. The molecule has 2 aliphatic rings. The van der Waals surface area contributed by atoms with Crippen molar-refractivity contribution >= 4 is 17.6 Å². The van der Waals surface area contributed by atoms with E-state index in [1.807, 2.05) is 29.3 Å². The number of hydrogen-bond acceptors (Lipinski definition) is 8. The van der Waals surface area contributed by atoms with Crippen molar-refractivity contribution in [2.75, 3.05) is 31.4 Å². The van der Waals surface area contributed by atoms with Crippen LogP contribution in [0.25, 0.3) is 0 Å². The molecule has 0 unspecified atom stereocenters. The van der Waals surface area contributed by atoms with Crippen molar-refractivity contribution in [1.82, 2.24) is 9.31 Å². The Bertz CT molecular complexity index is 794. The number of hydrogen-bond donors (Lipinski definition) is 3. The molecule has 156 valence electrons. The minimum Gasteiger partial charge on any atom is -0.357 e. The molecule has 0 aliphatic carbocycles. The van der Waals surface area contributed by atoms with E-state index in [1.54, 1.807) is 11.9 Å². The first-order valence-electron chi connectivity index (χ1n) is 10.0. The van der Waals surface area contributed by atoms with Gasteiger partial charge >= 0.3 is 0 Å². The van der Waals surface area contributed by atoms with E-state index in [1.165, 1.54) is 10.1 Å². The first kappa shape index (κ1) is 20.6. The molecule has 2 heterocycles. The van der Waals surface area contributed by atoms with Gasteiger partial charge in [0.15, 0.2) is 0 Å². The van der Waals surface area contributed by atoms with Crippen LogP contribution in [0.5, 0.6) is 0 Å². The Morgan fingerprint density at radius 1 is 0.931 bits per heavy atom. The smallest absolute Gasteiger partial charge is 0.143 e. The molecule has 5 N–H and O–H groups in total. The molecule has 8 heteroatoms. The van der Waals surface area contributed by atoms with Gasteiger partial charge in [-0.2, -0.15) is 10.2 Å². The highest BCUT2D eigenvalue weighted by atomic mass is 32.2. The van der Waals surface area contributed by atoms with Crippen LogP contribution < -0.4 is 16.6 Å². The van der Waals surface area contributed by atoms with Crippen LogP contribution >= 0.6 is 11.9 Å². The highest BCUT2D eigenvalue weighted by Crippen LogP contribution is 2.39. The van der Waals surface area contributed by atoms with Gasteiger partial charge in [0.1, 0.15) is 5.72 Å². The lowest BCUT2D eigenvalue weighted by molar-refractivity contribution is -0.142. The van der Waals surface area contributed by atoms with E-state index in [9.17, 15) is 5.21 Å². The molecule has 29 heavy (non-hydrogen) atoms. The Balaban J connectivity index is 1.39. The maximum absolute atomic E-state index is 10.9. The predicted octanol–water partition coefficient (Wildman–Crippen LogP) is 2.55. The molecule has 0 saturated carbocycles. The zero-order chi connectivity index (χ0) is 20.3. The van der Waals surface area contributed by atoms with E-state index in [0.717, 1.165) is 42.7 Å². The molecule has 0 radical (unpaired) electrons. The van der Waals surface area contributed by atoms with Crippen molar-refractivity contribution in [2.45, 2.75) is 36.6 Å². The van der Waals surface area contributed by atoms with E-state index in [0.29, 0.717) is 26.2 Å². The summed E-state index contributed by atoms with van der Waals surface area (Å²) in [6, 6.07) is 16.1. The maximum Gasteiger partial charge on any atom is 0.143 e. The minimum atomic E-state index is -0.457. The molecule has 0 aromatic heterocycles. The Morgan fingerprint density at radius 3 is 2.10 bits per heavy atom. The molecule has 4 rings (SSSR count). The molecular weight excluding hydrogens is 386 g/mol. The number of ether oxygens (including phenoxy) is 1. The van der Waals surface area contributed by atoms with Crippen LogP contribution in [0.2, 0.25) is 0 Å². The molecule has 0 atom stereocenters. The molecule has 2 aromatic rings. The van der Waals surface area contributed by atoms with E-state index < -0.39 is 5.72 Å². The lowest BCUT2D eigenvalue weighted by atomic mass is 10.0. The monoisotopic (exact) mass is 415 g/mol. The van der Waals surface area contributed by atoms with Crippen LogP contribution in [0.4, 0.5) is 5.69 Å². The molecule has 2 aromatic carbocycles. The number of hydrazine groups is 1. The van der Waals surface area contributed by atoms with Crippen LogP contribution in [0.15, 0.2) is 53.4 Å². The average molecular weight is 416 g/mol. The Kier molecular flexibility index (Phi) is 6.41. The SMILES string of the molecule is NCc1ccc(SN2CCC3(CC2)OCCN3N(O)c2ccc(CN)cc2)cc1. The Morgan fingerprint density at radius 2 is 1.52 bits per heavy atom.